The van der Waals surface area contributed by atoms with Crippen LogP contribution in [0.4, 0.5) is 13.2 Å². The fourth-order valence-corrected chi connectivity index (χ4v) is 2.42. The Balaban J connectivity index is 2.34. The lowest BCUT2D eigenvalue weighted by Gasteiger charge is -2.15. The molecule has 2 rings (SSSR count). The molecule has 2 aromatic rings. The van der Waals surface area contributed by atoms with Crippen LogP contribution in [0.3, 0.4) is 0 Å². The van der Waals surface area contributed by atoms with Crippen LogP contribution >= 0.6 is 15.9 Å². The van der Waals surface area contributed by atoms with Crippen LogP contribution in [0, 0.1) is 0 Å². The molecule has 0 aliphatic carbocycles. The molecular formula is C13H12BrF3N2O. The Morgan fingerprint density at radius 3 is 2.40 bits per heavy atom. The van der Waals surface area contributed by atoms with Crippen molar-refractivity contribution in [2.45, 2.75) is 25.7 Å². The monoisotopic (exact) mass is 348 g/mol. The zero-order valence-electron chi connectivity index (χ0n) is 10.5. The minimum atomic E-state index is -4.38. The highest BCUT2D eigenvalue weighted by atomic mass is 79.9. The van der Waals surface area contributed by atoms with Crippen molar-refractivity contribution in [2.24, 2.45) is 0 Å². The number of aliphatic hydroxyl groups excluding tert-OH is 1. The van der Waals surface area contributed by atoms with E-state index in [0.717, 1.165) is 12.1 Å². The molecule has 1 N–H and O–H groups in total. The van der Waals surface area contributed by atoms with Gasteiger partial charge in [-0.1, -0.05) is 12.1 Å². The third-order valence-corrected chi connectivity index (χ3v) is 3.56. The van der Waals surface area contributed by atoms with E-state index in [9.17, 15) is 18.3 Å². The van der Waals surface area contributed by atoms with E-state index in [4.69, 9.17) is 0 Å². The molecule has 1 aromatic carbocycles. The molecular weight excluding hydrogens is 337 g/mol. The molecule has 0 spiro atoms. The summed E-state index contributed by atoms with van der Waals surface area (Å²) in [6.07, 6.45) is -3.87. The molecule has 1 aromatic heterocycles. The van der Waals surface area contributed by atoms with E-state index in [1.807, 2.05) is 6.92 Å². The van der Waals surface area contributed by atoms with Crippen LogP contribution in [0.25, 0.3) is 0 Å². The van der Waals surface area contributed by atoms with Crippen LogP contribution < -0.4 is 0 Å². The summed E-state index contributed by atoms with van der Waals surface area (Å²) in [6, 6.07) is 4.46. The van der Waals surface area contributed by atoms with Gasteiger partial charge in [0, 0.05) is 6.54 Å². The van der Waals surface area contributed by atoms with Gasteiger partial charge in [-0.25, -0.2) is 0 Å². The van der Waals surface area contributed by atoms with Crippen molar-refractivity contribution >= 4 is 15.9 Å². The van der Waals surface area contributed by atoms with Gasteiger partial charge >= 0.3 is 6.18 Å². The standard InChI is InChI=1S/C13H12BrF3N2O/c1-2-19-11(10(14)7-18-19)12(20)8-3-5-9(6-4-8)13(15,16)17/h3-7,12,20H,2H2,1H3. The summed E-state index contributed by atoms with van der Waals surface area (Å²) in [7, 11) is 0. The van der Waals surface area contributed by atoms with Gasteiger partial charge in [0.05, 0.1) is 21.9 Å². The van der Waals surface area contributed by atoms with Crippen molar-refractivity contribution in [3.8, 4) is 0 Å². The first-order valence-electron chi connectivity index (χ1n) is 5.91. The second-order valence-electron chi connectivity index (χ2n) is 4.22. The Labute approximate surface area is 122 Å². The number of aromatic nitrogens is 2. The zero-order valence-corrected chi connectivity index (χ0v) is 12.1. The zero-order chi connectivity index (χ0) is 14.9. The Bertz CT molecular complexity index is 593. The second-order valence-corrected chi connectivity index (χ2v) is 5.07. The molecule has 3 nitrogen and oxygen atoms in total. The highest BCUT2D eigenvalue weighted by Gasteiger charge is 2.30. The summed E-state index contributed by atoms with van der Waals surface area (Å²) < 4.78 is 39.7. The smallest absolute Gasteiger partial charge is 0.382 e. The number of nitrogens with zero attached hydrogens (tertiary/aromatic N) is 2. The lowest BCUT2D eigenvalue weighted by Crippen LogP contribution is -2.10. The fourth-order valence-electron chi connectivity index (χ4n) is 1.91. The van der Waals surface area contributed by atoms with Crippen LogP contribution in [0.5, 0.6) is 0 Å². The number of aryl methyl sites for hydroxylation is 1. The van der Waals surface area contributed by atoms with Gasteiger partial charge in [-0.2, -0.15) is 18.3 Å². The van der Waals surface area contributed by atoms with Gasteiger partial charge < -0.3 is 5.11 Å². The molecule has 20 heavy (non-hydrogen) atoms. The molecule has 1 unspecified atom stereocenters. The maximum atomic E-state index is 12.5. The number of hydrogen-bond donors (Lipinski definition) is 1. The average molecular weight is 349 g/mol. The van der Waals surface area contributed by atoms with Crippen molar-refractivity contribution in [2.75, 3.05) is 0 Å². The lowest BCUT2D eigenvalue weighted by molar-refractivity contribution is -0.137. The van der Waals surface area contributed by atoms with E-state index in [-0.39, 0.29) is 0 Å². The molecule has 0 amide bonds. The normalized spacial score (nSPS) is 13.5. The summed E-state index contributed by atoms with van der Waals surface area (Å²) in [5.41, 5.74) is 0.165. The molecule has 7 heteroatoms. The fraction of sp³-hybridized carbons (Fsp3) is 0.308. The van der Waals surface area contributed by atoms with Crippen LogP contribution in [0.15, 0.2) is 34.9 Å². The van der Waals surface area contributed by atoms with E-state index in [1.165, 1.54) is 12.1 Å². The van der Waals surface area contributed by atoms with Gasteiger partial charge in [0.1, 0.15) is 6.10 Å². The minimum absolute atomic E-state index is 0.383. The van der Waals surface area contributed by atoms with E-state index in [0.29, 0.717) is 22.3 Å². The average Bonchev–Trinajstić information content (AvgIpc) is 2.78. The van der Waals surface area contributed by atoms with Crippen molar-refractivity contribution in [3.63, 3.8) is 0 Å². The topological polar surface area (TPSA) is 38.0 Å². The van der Waals surface area contributed by atoms with E-state index in [1.54, 1.807) is 10.9 Å². The summed E-state index contributed by atoms with van der Waals surface area (Å²) >= 11 is 3.28. The van der Waals surface area contributed by atoms with Gasteiger partial charge in [0.15, 0.2) is 0 Å². The van der Waals surface area contributed by atoms with Crippen molar-refractivity contribution < 1.29 is 18.3 Å². The van der Waals surface area contributed by atoms with Crippen molar-refractivity contribution in [1.82, 2.24) is 9.78 Å². The van der Waals surface area contributed by atoms with Gasteiger partial charge in [-0.15, -0.1) is 0 Å². The molecule has 0 bridgehead atoms. The first kappa shape index (κ1) is 15.1. The molecule has 0 fully saturated rings. The third-order valence-electron chi connectivity index (χ3n) is 2.95. The summed E-state index contributed by atoms with van der Waals surface area (Å²) in [6.45, 7) is 2.42. The third kappa shape index (κ3) is 2.88. The molecule has 0 aliphatic heterocycles. The number of benzene rings is 1. The first-order valence-corrected chi connectivity index (χ1v) is 6.70. The highest BCUT2D eigenvalue weighted by molar-refractivity contribution is 9.10. The molecule has 0 saturated carbocycles. The predicted molar refractivity (Wildman–Crippen MR) is 71.1 cm³/mol. The van der Waals surface area contributed by atoms with Gasteiger partial charge in [-0.3, -0.25) is 4.68 Å². The molecule has 0 aliphatic rings. The summed E-state index contributed by atoms with van der Waals surface area (Å²) in [5, 5.41) is 14.4. The highest BCUT2D eigenvalue weighted by Crippen LogP contribution is 2.32. The quantitative estimate of drug-likeness (QED) is 0.916. The lowest BCUT2D eigenvalue weighted by atomic mass is 10.0. The van der Waals surface area contributed by atoms with Gasteiger partial charge in [-0.05, 0) is 40.5 Å². The number of aliphatic hydroxyl groups is 1. The van der Waals surface area contributed by atoms with Gasteiger partial charge in [0.25, 0.3) is 0 Å². The molecule has 0 saturated heterocycles. The first-order chi connectivity index (χ1) is 9.34. The van der Waals surface area contributed by atoms with Crippen molar-refractivity contribution in [3.05, 3.63) is 51.8 Å². The predicted octanol–water partition coefficient (Wildman–Crippen LogP) is 3.77. The summed E-state index contributed by atoms with van der Waals surface area (Å²) in [4.78, 5) is 0. The number of halogens is 4. The number of hydrogen-bond acceptors (Lipinski definition) is 2. The Morgan fingerprint density at radius 2 is 1.90 bits per heavy atom. The Kier molecular flexibility index (Phi) is 4.19. The maximum absolute atomic E-state index is 12.5. The van der Waals surface area contributed by atoms with Crippen LogP contribution in [0.1, 0.15) is 29.8 Å². The van der Waals surface area contributed by atoms with Crippen LogP contribution in [-0.2, 0) is 12.7 Å². The summed E-state index contributed by atoms with van der Waals surface area (Å²) in [5.74, 6) is 0. The van der Waals surface area contributed by atoms with Gasteiger partial charge in [0.2, 0.25) is 0 Å². The maximum Gasteiger partial charge on any atom is 0.416 e. The largest absolute Gasteiger partial charge is 0.416 e. The SMILES string of the molecule is CCn1ncc(Br)c1C(O)c1ccc(C(F)(F)F)cc1. The molecule has 0 radical (unpaired) electrons. The Morgan fingerprint density at radius 1 is 1.30 bits per heavy atom. The van der Waals surface area contributed by atoms with E-state index in [2.05, 4.69) is 21.0 Å². The molecule has 1 heterocycles. The molecule has 108 valence electrons. The minimum Gasteiger partial charge on any atom is -0.382 e. The van der Waals surface area contributed by atoms with E-state index < -0.39 is 17.8 Å². The second kappa shape index (κ2) is 5.57. The number of rotatable bonds is 3. The van der Waals surface area contributed by atoms with Crippen LogP contribution in [-0.4, -0.2) is 14.9 Å². The Hall–Kier alpha value is -1.34. The number of alkyl halides is 3. The molecule has 1 atom stereocenters. The van der Waals surface area contributed by atoms with E-state index >= 15 is 0 Å². The van der Waals surface area contributed by atoms with Crippen molar-refractivity contribution in [1.29, 1.82) is 0 Å². The van der Waals surface area contributed by atoms with Crippen LogP contribution in [0.2, 0.25) is 0 Å².